The van der Waals surface area contributed by atoms with Gasteiger partial charge >= 0.3 is 0 Å². The Labute approximate surface area is 186 Å². The molecule has 1 rings (SSSR count). The Balaban J connectivity index is 2.53. The van der Waals surface area contributed by atoms with Crippen molar-refractivity contribution < 1.29 is 19.1 Å². The van der Waals surface area contributed by atoms with Crippen molar-refractivity contribution in [1.29, 1.82) is 0 Å². The van der Waals surface area contributed by atoms with E-state index in [9.17, 15) is 14.4 Å². The van der Waals surface area contributed by atoms with Crippen molar-refractivity contribution in [2.45, 2.75) is 60.3 Å². The highest BCUT2D eigenvalue weighted by Gasteiger charge is 2.22. The van der Waals surface area contributed by atoms with Crippen LogP contribution < -0.4 is 15.4 Å². The van der Waals surface area contributed by atoms with Gasteiger partial charge in [-0.25, -0.2) is 0 Å². The quantitative estimate of drug-likeness (QED) is 0.524. The largest absolute Gasteiger partial charge is 0.497 e. The molecule has 7 heteroatoms. The smallest absolute Gasteiger partial charge is 0.243 e. The minimum atomic E-state index is -0.335. The molecule has 0 saturated heterocycles. The van der Waals surface area contributed by atoms with Crippen molar-refractivity contribution in [2.24, 2.45) is 11.3 Å². The van der Waals surface area contributed by atoms with Crippen LogP contribution in [0.3, 0.4) is 0 Å². The maximum Gasteiger partial charge on any atom is 0.243 e. The molecular formula is C24H39N3O4. The van der Waals surface area contributed by atoms with Gasteiger partial charge in [0, 0.05) is 18.7 Å². The molecule has 174 valence electrons. The zero-order valence-corrected chi connectivity index (χ0v) is 19.9. The Morgan fingerprint density at radius 3 is 2.29 bits per heavy atom. The normalized spacial score (nSPS) is 12.1. The number of amides is 3. The molecule has 1 atom stereocenters. The fourth-order valence-corrected chi connectivity index (χ4v) is 3.47. The lowest BCUT2D eigenvalue weighted by molar-refractivity contribution is -0.137. The van der Waals surface area contributed by atoms with Gasteiger partial charge in [-0.3, -0.25) is 14.4 Å². The van der Waals surface area contributed by atoms with E-state index in [1.165, 1.54) is 0 Å². The summed E-state index contributed by atoms with van der Waals surface area (Å²) in [5, 5.41) is 5.33. The van der Waals surface area contributed by atoms with E-state index in [0.717, 1.165) is 19.3 Å². The first-order valence-corrected chi connectivity index (χ1v) is 11.0. The monoisotopic (exact) mass is 433 g/mol. The summed E-state index contributed by atoms with van der Waals surface area (Å²) in [5.74, 6) is 0.263. The van der Waals surface area contributed by atoms with Crippen molar-refractivity contribution >= 4 is 23.4 Å². The number of carbonyl (C=O) groups is 3. The first kappa shape index (κ1) is 26.5. The summed E-state index contributed by atoms with van der Waals surface area (Å²) >= 11 is 0. The number of ether oxygens (including phenoxy) is 1. The summed E-state index contributed by atoms with van der Waals surface area (Å²) < 4.78 is 5.08. The van der Waals surface area contributed by atoms with E-state index in [4.69, 9.17) is 4.74 Å². The van der Waals surface area contributed by atoms with Gasteiger partial charge < -0.3 is 20.3 Å². The van der Waals surface area contributed by atoms with Gasteiger partial charge in [0.1, 0.15) is 5.75 Å². The minimum absolute atomic E-state index is 0.0111. The van der Waals surface area contributed by atoms with Crippen LogP contribution in [0.2, 0.25) is 0 Å². The summed E-state index contributed by atoms with van der Waals surface area (Å²) in [5.41, 5.74) is 0.774. The molecule has 31 heavy (non-hydrogen) atoms. The number of nitrogens with one attached hydrogen (secondary N) is 2. The average Bonchev–Trinajstić information content (AvgIpc) is 2.68. The Morgan fingerprint density at radius 2 is 1.74 bits per heavy atom. The predicted molar refractivity (Wildman–Crippen MR) is 124 cm³/mol. The second-order valence-electron chi connectivity index (χ2n) is 9.30. The van der Waals surface area contributed by atoms with Crippen LogP contribution >= 0.6 is 0 Å². The number of rotatable bonds is 12. The summed E-state index contributed by atoms with van der Waals surface area (Å²) in [6.07, 6.45) is 3.14. The molecule has 1 aromatic rings. The number of methoxy groups -OCH3 is 1. The Morgan fingerprint density at radius 1 is 1.10 bits per heavy atom. The third kappa shape index (κ3) is 11.4. The maximum atomic E-state index is 12.8. The summed E-state index contributed by atoms with van der Waals surface area (Å²) in [6, 6.07) is 6.93. The summed E-state index contributed by atoms with van der Waals surface area (Å²) in [4.78, 5) is 38.9. The molecule has 0 aliphatic heterocycles. The fourth-order valence-electron chi connectivity index (χ4n) is 3.47. The number of unbranched alkanes of at least 4 members (excludes halogenated alkanes) is 1. The van der Waals surface area contributed by atoms with Crippen LogP contribution in [0.4, 0.5) is 5.69 Å². The lowest BCUT2D eigenvalue weighted by Gasteiger charge is -2.26. The number of carbonyl (C=O) groups excluding carboxylic acids is 3. The lowest BCUT2D eigenvalue weighted by Crippen LogP contribution is -2.43. The molecule has 0 aliphatic carbocycles. The maximum absolute atomic E-state index is 12.8. The van der Waals surface area contributed by atoms with Crippen LogP contribution in [0.15, 0.2) is 24.3 Å². The molecule has 2 N–H and O–H groups in total. The first-order chi connectivity index (χ1) is 14.5. The molecule has 0 bridgehead atoms. The second kappa shape index (κ2) is 13.0. The number of anilines is 1. The molecular weight excluding hydrogens is 394 g/mol. The van der Waals surface area contributed by atoms with E-state index in [1.807, 2.05) is 0 Å². The molecule has 7 nitrogen and oxygen atoms in total. The molecule has 3 amide bonds. The van der Waals surface area contributed by atoms with Crippen LogP contribution in [0, 0.1) is 11.3 Å². The third-order valence-electron chi connectivity index (χ3n) is 4.77. The Kier molecular flexibility index (Phi) is 11.1. The van der Waals surface area contributed by atoms with E-state index in [2.05, 4.69) is 45.3 Å². The molecule has 0 aromatic heterocycles. The SMILES string of the molecule is CCCCN(CC(=O)NCC(=O)Nc1ccc(OC)cc1)C(=O)CC(C)CC(C)(C)C. The van der Waals surface area contributed by atoms with Gasteiger partial charge in [0.05, 0.1) is 20.2 Å². The topological polar surface area (TPSA) is 87.7 Å². The predicted octanol–water partition coefficient (Wildman–Crippen LogP) is 3.84. The van der Waals surface area contributed by atoms with Crippen LogP contribution in [0.25, 0.3) is 0 Å². The van der Waals surface area contributed by atoms with Crippen LogP contribution in [-0.2, 0) is 14.4 Å². The van der Waals surface area contributed by atoms with Crippen LogP contribution in [-0.4, -0.2) is 49.4 Å². The van der Waals surface area contributed by atoms with Gasteiger partial charge in [-0.2, -0.15) is 0 Å². The zero-order valence-electron chi connectivity index (χ0n) is 19.9. The van der Waals surface area contributed by atoms with Crippen molar-refractivity contribution in [3.8, 4) is 5.75 Å². The average molecular weight is 434 g/mol. The number of benzene rings is 1. The van der Waals surface area contributed by atoms with E-state index < -0.39 is 0 Å². The summed E-state index contributed by atoms with van der Waals surface area (Å²) in [6.45, 7) is 11.0. The molecule has 0 heterocycles. The van der Waals surface area contributed by atoms with Crippen molar-refractivity contribution in [2.75, 3.05) is 32.1 Å². The van der Waals surface area contributed by atoms with Crippen LogP contribution in [0.1, 0.15) is 60.3 Å². The summed E-state index contributed by atoms with van der Waals surface area (Å²) in [7, 11) is 1.57. The molecule has 1 aromatic carbocycles. The van der Waals surface area contributed by atoms with E-state index in [-0.39, 0.29) is 42.1 Å². The number of hydrogen-bond donors (Lipinski definition) is 2. The standard InChI is InChI=1S/C24H39N3O4/c1-7-8-13-27(23(30)14-18(2)15-24(3,4)5)17-22(29)25-16-21(28)26-19-9-11-20(31-6)12-10-19/h9-12,18H,7-8,13-17H2,1-6H3,(H,25,29)(H,26,28). The van der Waals surface area contributed by atoms with Gasteiger partial charge in [-0.1, -0.05) is 41.0 Å². The Hall–Kier alpha value is -2.57. The minimum Gasteiger partial charge on any atom is -0.497 e. The molecule has 0 radical (unpaired) electrons. The van der Waals surface area contributed by atoms with E-state index in [1.54, 1.807) is 36.3 Å². The first-order valence-electron chi connectivity index (χ1n) is 11.0. The highest BCUT2D eigenvalue weighted by molar-refractivity contribution is 5.95. The third-order valence-corrected chi connectivity index (χ3v) is 4.77. The van der Waals surface area contributed by atoms with Crippen molar-refractivity contribution in [1.82, 2.24) is 10.2 Å². The van der Waals surface area contributed by atoms with E-state index >= 15 is 0 Å². The molecule has 0 saturated carbocycles. The van der Waals surface area contributed by atoms with Gasteiger partial charge in [0.2, 0.25) is 17.7 Å². The molecule has 0 aliphatic rings. The molecule has 0 spiro atoms. The zero-order chi connectivity index (χ0) is 23.4. The lowest BCUT2D eigenvalue weighted by atomic mass is 9.84. The molecule has 1 unspecified atom stereocenters. The number of nitrogens with zero attached hydrogens (tertiary/aromatic N) is 1. The Bertz CT molecular complexity index is 711. The van der Waals surface area contributed by atoms with Crippen molar-refractivity contribution in [3.05, 3.63) is 24.3 Å². The molecule has 0 fully saturated rings. The van der Waals surface area contributed by atoms with Gasteiger partial charge in [0.25, 0.3) is 0 Å². The van der Waals surface area contributed by atoms with Crippen LogP contribution in [0.5, 0.6) is 5.75 Å². The van der Waals surface area contributed by atoms with Gasteiger partial charge in [-0.15, -0.1) is 0 Å². The van der Waals surface area contributed by atoms with E-state index in [0.29, 0.717) is 24.4 Å². The van der Waals surface area contributed by atoms with Gasteiger partial charge in [-0.05, 0) is 48.4 Å². The second-order valence-corrected chi connectivity index (χ2v) is 9.30. The highest BCUT2D eigenvalue weighted by Crippen LogP contribution is 2.26. The van der Waals surface area contributed by atoms with Gasteiger partial charge in [0.15, 0.2) is 0 Å². The van der Waals surface area contributed by atoms with Crippen molar-refractivity contribution in [3.63, 3.8) is 0 Å². The fraction of sp³-hybridized carbons (Fsp3) is 0.625. The highest BCUT2D eigenvalue weighted by atomic mass is 16.5. The number of hydrogen-bond acceptors (Lipinski definition) is 4.